The highest BCUT2D eigenvalue weighted by atomic mass is 32.1. The van der Waals surface area contributed by atoms with E-state index >= 15 is 0 Å². The van der Waals surface area contributed by atoms with E-state index < -0.39 is 0 Å². The third kappa shape index (κ3) is 6.07. The van der Waals surface area contributed by atoms with Gasteiger partial charge >= 0.3 is 0 Å². The van der Waals surface area contributed by atoms with Crippen LogP contribution in [0.3, 0.4) is 0 Å². The molecule has 3 N–H and O–H groups in total. The lowest BCUT2D eigenvalue weighted by atomic mass is 10.0. The van der Waals surface area contributed by atoms with E-state index in [0.717, 1.165) is 37.3 Å². The van der Waals surface area contributed by atoms with Gasteiger partial charge in [-0.2, -0.15) is 0 Å². The lowest BCUT2D eigenvalue weighted by Gasteiger charge is -2.25. The van der Waals surface area contributed by atoms with E-state index in [2.05, 4.69) is 68.8 Å². The summed E-state index contributed by atoms with van der Waals surface area (Å²) in [6.45, 7) is 4.37. The second-order valence-corrected chi connectivity index (χ2v) is 6.76. The summed E-state index contributed by atoms with van der Waals surface area (Å²) in [5.74, 6) is 0. The zero-order valence-corrected chi connectivity index (χ0v) is 16.8. The fraction of sp³-hybridized carbons (Fsp3) is 0.350. The Bertz CT molecular complexity index is 676. The first kappa shape index (κ1) is 19.8. The SMILES string of the molecule is CCc1ccc(CN(CP)C(=S)NCCc2ccccc2)cc1CN. The first-order valence-electron chi connectivity index (χ1n) is 8.75. The van der Waals surface area contributed by atoms with E-state index in [0.29, 0.717) is 6.54 Å². The summed E-state index contributed by atoms with van der Waals surface area (Å²) in [6, 6.07) is 17.0. The van der Waals surface area contributed by atoms with Gasteiger partial charge in [-0.1, -0.05) is 55.5 Å². The maximum Gasteiger partial charge on any atom is 0.169 e. The maximum absolute atomic E-state index is 5.88. The molecule has 0 aliphatic rings. The Morgan fingerprint density at radius 2 is 1.88 bits per heavy atom. The number of hydrogen-bond donors (Lipinski definition) is 2. The van der Waals surface area contributed by atoms with Crippen LogP contribution in [0.4, 0.5) is 0 Å². The van der Waals surface area contributed by atoms with Crippen LogP contribution in [0.25, 0.3) is 0 Å². The first-order chi connectivity index (χ1) is 12.2. The van der Waals surface area contributed by atoms with E-state index in [-0.39, 0.29) is 0 Å². The fourth-order valence-corrected chi connectivity index (χ4v) is 3.51. The van der Waals surface area contributed by atoms with Gasteiger partial charge in [-0.25, -0.2) is 0 Å². The molecule has 25 heavy (non-hydrogen) atoms. The number of nitrogens with one attached hydrogen (secondary N) is 1. The molecule has 0 saturated carbocycles. The van der Waals surface area contributed by atoms with Gasteiger partial charge in [0, 0.05) is 25.9 Å². The van der Waals surface area contributed by atoms with E-state index in [1.807, 2.05) is 6.07 Å². The molecule has 3 nitrogen and oxygen atoms in total. The van der Waals surface area contributed by atoms with Crippen LogP contribution < -0.4 is 11.1 Å². The van der Waals surface area contributed by atoms with Crippen molar-refractivity contribution in [3.05, 3.63) is 70.8 Å². The van der Waals surface area contributed by atoms with Crippen LogP contribution in [0.5, 0.6) is 0 Å². The molecule has 1 atom stereocenters. The molecule has 0 bridgehead atoms. The quantitative estimate of drug-likeness (QED) is 0.549. The third-order valence-corrected chi connectivity index (χ3v) is 5.13. The van der Waals surface area contributed by atoms with Gasteiger partial charge in [0.25, 0.3) is 0 Å². The molecule has 2 aromatic rings. The molecule has 2 rings (SSSR count). The molecule has 0 aromatic heterocycles. The van der Waals surface area contributed by atoms with E-state index in [4.69, 9.17) is 18.0 Å². The van der Waals surface area contributed by atoms with Gasteiger partial charge in [-0.15, -0.1) is 9.24 Å². The minimum atomic E-state index is 0.581. The average Bonchev–Trinajstić information content (AvgIpc) is 2.66. The summed E-state index contributed by atoms with van der Waals surface area (Å²) in [6.07, 6.45) is 2.78. The topological polar surface area (TPSA) is 41.3 Å². The predicted octanol–water partition coefficient (Wildman–Crippen LogP) is 3.46. The van der Waals surface area contributed by atoms with Crippen LogP contribution in [-0.2, 0) is 25.9 Å². The highest BCUT2D eigenvalue weighted by molar-refractivity contribution is 7.80. The van der Waals surface area contributed by atoms with Crippen molar-refractivity contribution in [1.82, 2.24) is 10.2 Å². The first-order valence-corrected chi connectivity index (χ1v) is 9.98. The normalized spacial score (nSPS) is 10.5. The van der Waals surface area contributed by atoms with Crippen molar-refractivity contribution in [2.45, 2.75) is 32.9 Å². The average molecular weight is 374 g/mol. The van der Waals surface area contributed by atoms with E-state index in [1.54, 1.807) is 0 Å². The predicted molar refractivity (Wildman–Crippen MR) is 115 cm³/mol. The molecule has 0 aliphatic carbocycles. The Labute approximate surface area is 159 Å². The number of rotatable bonds is 8. The van der Waals surface area contributed by atoms with Crippen molar-refractivity contribution >= 4 is 26.6 Å². The highest BCUT2D eigenvalue weighted by Crippen LogP contribution is 2.15. The zero-order valence-electron chi connectivity index (χ0n) is 14.9. The van der Waals surface area contributed by atoms with Gasteiger partial charge in [-0.05, 0) is 47.3 Å². The van der Waals surface area contributed by atoms with Crippen LogP contribution in [-0.4, -0.2) is 22.8 Å². The molecule has 0 spiro atoms. The lowest BCUT2D eigenvalue weighted by Crippen LogP contribution is -2.39. The summed E-state index contributed by atoms with van der Waals surface area (Å²) in [4.78, 5) is 2.16. The molecule has 0 amide bonds. The third-order valence-electron chi connectivity index (χ3n) is 4.29. The molecular formula is C20H28N3PS. The lowest BCUT2D eigenvalue weighted by molar-refractivity contribution is 0.471. The monoisotopic (exact) mass is 373 g/mol. The Balaban J connectivity index is 1.91. The molecule has 5 heteroatoms. The molecule has 0 heterocycles. The van der Waals surface area contributed by atoms with Crippen LogP contribution in [0, 0.1) is 0 Å². The summed E-state index contributed by atoms with van der Waals surface area (Å²) < 4.78 is 0. The second kappa shape index (κ2) is 10.5. The Kier molecular flexibility index (Phi) is 8.33. The van der Waals surface area contributed by atoms with Crippen molar-refractivity contribution in [1.29, 1.82) is 0 Å². The van der Waals surface area contributed by atoms with Gasteiger partial charge < -0.3 is 16.0 Å². The molecule has 0 saturated heterocycles. The van der Waals surface area contributed by atoms with Crippen molar-refractivity contribution in [3.8, 4) is 0 Å². The number of benzene rings is 2. The number of aryl methyl sites for hydroxylation is 1. The second-order valence-electron chi connectivity index (χ2n) is 6.01. The number of nitrogens with zero attached hydrogens (tertiary/aromatic N) is 1. The van der Waals surface area contributed by atoms with Gasteiger partial charge in [0.2, 0.25) is 0 Å². The maximum atomic E-state index is 5.88. The molecule has 0 fully saturated rings. The number of hydrogen-bond acceptors (Lipinski definition) is 2. The van der Waals surface area contributed by atoms with Crippen molar-refractivity contribution in [2.75, 3.05) is 12.8 Å². The molecule has 0 aliphatic heterocycles. The molecule has 1 unspecified atom stereocenters. The number of thiocarbonyl (C=S) groups is 1. The Hall–Kier alpha value is -1.48. The van der Waals surface area contributed by atoms with Gasteiger partial charge in [0.05, 0.1) is 0 Å². The van der Waals surface area contributed by atoms with Crippen molar-refractivity contribution in [3.63, 3.8) is 0 Å². The van der Waals surface area contributed by atoms with Gasteiger partial charge in [-0.3, -0.25) is 0 Å². The summed E-state index contributed by atoms with van der Waals surface area (Å²) in [5, 5.41) is 4.16. The molecule has 2 aromatic carbocycles. The minimum absolute atomic E-state index is 0.581. The molecular weight excluding hydrogens is 345 g/mol. The summed E-state index contributed by atoms with van der Waals surface area (Å²) >= 11 is 5.58. The Morgan fingerprint density at radius 3 is 2.52 bits per heavy atom. The van der Waals surface area contributed by atoms with Gasteiger partial charge in [0.15, 0.2) is 5.11 Å². The number of nitrogens with two attached hydrogens (primary N) is 1. The van der Waals surface area contributed by atoms with Crippen LogP contribution in [0.2, 0.25) is 0 Å². The highest BCUT2D eigenvalue weighted by Gasteiger charge is 2.09. The van der Waals surface area contributed by atoms with Crippen molar-refractivity contribution in [2.24, 2.45) is 5.73 Å². The molecule has 0 radical (unpaired) electrons. The largest absolute Gasteiger partial charge is 0.362 e. The summed E-state index contributed by atoms with van der Waals surface area (Å²) in [7, 11) is 2.76. The standard InChI is InChI=1S/C20H28N3PS/c1-2-18-9-8-17(12-19(18)13-21)14-23(15-24)20(25)22-11-10-16-6-4-3-5-7-16/h3-9,12H,2,10-11,13-15,21,24H2,1H3,(H,22,25). The van der Waals surface area contributed by atoms with Crippen LogP contribution in [0.15, 0.2) is 48.5 Å². The van der Waals surface area contributed by atoms with Gasteiger partial charge in [0.1, 0.15) is 0 Å². The van der Waals surface area contributed by atoms with Crippen LogP contribution in [0.1, 0.15) is 29.2 Å². The minimum Gasteiger partial charge on any atom is -0.362 e. The van der Waals surface area contributed by atoms with E-state index in [9.17, 15) is 0 Å². The van der Waals surface area contributed by atoms with E-state index in [1.165, 1.54) is 22.3 Å². The van der Waals surface area contributed by atoms with Crippen molar-refractivity contribution < 1.29 is 0 Å². The summed E-state index contributed by atoms with van der Waals surface area (Å²) in [5.41, 5.74) is 11.0. The smallest absolute Gasteiger partial charge is 0.169 e. The van der Waals surface area contributed by atoms with Crippen LogP contribution >= 0.6 is 21.5 Å². The Morgan fingerprint density at radius 1 is 1.12 bits per heavy atom. The molecule has 134 valence electrons. The fourth-order valence-electron chi connectivity index (χ4n) is 2.82. The zero-order chi connectivity index (χ0) is 18.1.